The fraction of sp³-hybridized carbons (Fsp3) is 0.632. The molecule has 146 valence electrons. The highest BCUT2D eigenvalue weighted by molar-refractivity contribution is 7.92. The number of piperidine rings is 1. The second-order valence-electron chi connectivity index (χ2n) is 7.35. The van der Waals surface area contributed by atoms with E-state index in [0.29, 0.717) is 44.9 Å². The van der Waals surface area contributed by atoms with Gasteiger partial charge in [0.05, 0.1) is 0 Å². The van der Waals surface area contributed by atoms with E-state index in [-0.39, 0.29) is 18.3 Å². The number of sulfone groups is 1. The molecule has 0 bridgehead atoms. The highest BCUT2D eigenvalue weighted by atomic mass is 35.5. The summed E-state index contributed by atoms with van der Waals surface area (Å²) in [4.78, 5) is 15.1. The molecule has 0 saturated carbocycles. The van der Waals surface area contributed by atoms with Gasteiger partial charge in [0.1, 0.15) is 0 Å². The number of hydrogen-bond acceptors (Lipinski definition) is 4. The van der Waals surface area contributed by atoms with Crippen LogP contribution in [0.25, 0.3) is 0 Å². The summed E-state index contributed by atoms with van der Waals surface area (Å²) in [6.07, 6.45) is 4.84. The van der Waals surface area contributed by atoms with Crippen molar-refractivity contribution in [2.45, 2.75) is 42.8 Å². The summed E-state index contributed by atoms with van der Waals surface area (Å²) in [7, 11) is -3.44. The van der Waals surface area contributed by atoms with Crippen molar-refractivity contribution in [3.05, 3.63) is 35.9 Å². The van der Waals surface area contributed by atoms with Crippen LogP contribution in [-0.4, -0.2) is 56.4 Å². The predicted octanol–water partition coefficient (Wildman–Crippen LogP) is 2.37. The summed E-state index contributed by atoms with van der Waals surface area (Å²) < 4.78 is 23.7. The highest BCUT2D eigenvalue weighted by Crippen LogP contribution is 2.33. The third-order valence-electron chi connectivity index (χ3n) is 5.80. The summed E-state index contributed by atoms with van der Waals surface area (Å²) in [6, 6.07) is 10.4. The Morgan fingerprint density at radius 2 is 1.77 bits per heavy atom. The molecule has 1 unspecified atom stereocenters. The zero-order valence-corrected chi connectivity index (χ0v) is 16.9. The van der Waals surface area contributed by atoms with Crippen molar-refractivity contribution in [1.82, 2.24) is 10.2 Å². The Hall–Kier alpha value is -1.11. The number of nitrogens with one attached hydrogen (secondary N) is 1. The van der Waals surface area contributed by atoms with E-state index in [1.807, 2.05) is 11.0 Å². The van der Waals surface area contributed by atoms with E-state index < -0.39 is 14.6 Å². The molecule has 26 heavy (non-hydrogen) atoms. The number of rotatable bonds is 3. The molecule has 2 aliphatic rings. The number of hydrogen-bond donors (Lipinski definition) is 1. The molecule has 1 amide bonds. The zero-order chi connectivity index (χ0) is 17.9. The van der Waals surface area contributed by atoms with Crippen LogP contribution in [0.1, 0.15) is 43.6 Å². The Kier molecular flexibility index (Phi) is 7.11. The molecular formula is C19H29ClN2O3S. The molecule has 2 saturated heterocycles. The Balaban J connectivity index is 0.00000243. The van der Waals surface area contributed by atoms with E-state index >= 15 is 0 Å². The summed E-state index contributed by atoms with van der Waals surface area (Å²) in [6.45, 7) is 2.47. The van der Waals surface area contributed by atoms with Crippen molar-refractivity contribution >= 4 is 28.2 Å². The van der Waals surface area contributed by atoms with Crippen LogP contribution in [0.15, 0.2) is 30.3 Å². The van der Waals surface area contributed by atoms with Crippen LogP contribution >= 0.6 is 12.4 Å². The Labute approximate surface area is 162 Å². The van der Waals surface area contributed by atoms with Gasteiger partial charge in [-0.1, -0.05) is 30.3 Å². The lowest BCUT2D eigenvalue weighted by Gasteiger charge is -2.38. The van der Waals surface area contributed by atoms with E-state index in [1.165, 1.54) is 11.8 Å². The third kappa shape index (κ3) is 4.24. The molecule has 0 spiro atoms. The van der Waals surface area contributed by atoms with Crippen molar-refractivity contribution in [3.8, 4) is 0 Å². The molecule has 3 rings (SSSR count). The normalized spacial score (nSPS) is 23.6. The smallest absolute Gasteiger partial charge is 0.244 e. The fourth-order valence-electron chi connectivity index (χ4n) is 4.22. The quantitative estimate of drug-likeness (QED) is 0.845. The number of likely N-dealkylation sites (tertiary alicyclic amines) is 1. The van der Waals surface area contributed by atoms with Gasteiger partial charge in [-0.3, -0.25) is 4.79 Å². The first-order valence-electron chi connectivity index (χ1n) is 9.19. The molecule has 2 heterocycles. The average Bonchev–Trinajstić information content (AvgIpc) is 2.87. The first kappa shape index (κ1) is 21.2. The number of carbonyl (C=O) groups excluding carboxylic acids is 1. The summed E-state index contributed by atoms with van der Waals surface area (Å²) >= 11 is 0. The van der Waals surface area contributed by atoms with Gasteiger partial charge in [-0.05, 0) is 56.7 Å². The van der Waals surface area contributed by atoms with Gasteiger partial charge in [0.2, 0.25) is 5.91 Å². The Bertz CT molecular complexity index is 703. The lowest BCUT2D eigenvalue weighted by molar-refractivity contribution is -0.134. The molecule has 0 radical (unpaired) electrons. The maximum Gasteiger partial charge on any atom is 0.244 e. The number of halogens is 1. The lowest BCUT2D eigenvalue weighted by atomic mass is 9.92. The van der Waals surface area contributed by atoms with Crippen LogP contribution < -0.4 is 5.32 Å². The topological polar surface area (TPSA) is 66.5 Å². The minimum Gasteiger partial charge on any atom is -0.341 e. The van der Waals surface area contributed by atoms with Gasteiger partial charge in [0.15, 0.2) is 14.6 Å². The standard InChI is InChI=1S/C19H28N2O3S.ClH/c1-25(23,24)19(10-12-20-13-11-19)18(22)21-14-5-8-17(9-15-21)16-6-3-2-4-7-16;/h2-4,6-7,17,20H,5,8-15H2,1H3;1H. The molecule has 0 aliphatic carbocycles. The molecular weight excluding hydrogens is 372 g/mol. The monoisotopic (exact) mass is 400 g/mol. The molecule has 1 aromatic rings. The lowest BCUT2D eigenvalue weighted by Crippen LogP contribution is -2.58. The maximum absolute atomic E-state index is 13.2. The SMILES string of the molecule is CS(=O)(=O)C1(C(=O)N2CCCC(c3ccccc3)CC2)CCNCC1.Cl. The Morgan fingerprint density at radius 3 is 2.38 bits per heavy atom. The van der Waals surface area contributed by atoms with Gasteiger partial charge in [0.25, 0.3) is 0 Å². The third-order valence-corrected chi connectivity index (χ3v) is 7.80. The predicted molar refractivity (Wildman–Crippen MR) is 107 cm³/mol. The summed E-state index contributed by atoms with van der Waals surface area (Å²) in [5.41, 5.74) is 1.32. The summed E-state index contributed by atoms with van der Waals surface area (Å²) in [5.74, 6) is 0.270. The zero-order valence-electron chi connectivity index (χ0n) is 15.3. The maximum atomic E-state index is 13.2. The van der Waals surface area contributed by atoms with E-state index in [9.17, 15) is 13.2 Å². The number of carbonyl (C=O) groups is 1. The van der Waals surface area contributed by atoms with Crippen molar-refractivity contribution < 1.29 is 13.2 Å². The molecule has 1 N–H and O–H groups in total. The van der Waals surface area contributed by atoms with Gasteiger partial charge in [-0.15, -0.1) is 12.4 Å². The minimum absolute atomic E-state index is 0. The largest absolute Gasteiger partial charge is 0.341 e. The van der Waals surface area contributed by atoms with Crippen LogP contribution in [0.4, 0.5) is 0 Å². The van der Waals surface area contributed by atoms with Crippen LogP contribution in [0.3, 0.4) is 0 Å². The molecule has 5 nitrogen and oxygen atoms in total. The van der Waals surface area contributed by atoms with Crippen molar-refractivity contribution in [2.75, 3.05) is 32.4 Å². The summed E-state index contributed by atoms with van der Waals surface area (Å²) in [5, 5.41) is 3.18. The van der Waals surface area contributed by atoms with Crippen molar-refractivity contribution in [1.29, 1.82) is 0 Å². The van der Waals surface area contributed by atoms with Gasteiger partial charge in [-0.25, -0.2) is 8.42 Å². The van der Waals surface area contributed by atoms with E-state index in [1.54, 1.807) is 0 Å². The fourth-order valence-corrected chi connectivity index (χ4v) is 5.61. The minimum atomic E-state index is -3.44. The second kappa shape index (κ2) is 8.72. The van der Waals surface area contributed by atoms with Crippen LogP contribution in [0.2, 0.25) is 0 Å². The number of nitrogens with zero attached hydrogens (tertiary/aromatic N) is 1. The van der Waals surface area contributed by atoms with Gasteiger partial charge < -0.3 is 10.2 Å². The van der Waals surface area contributed by atoms with Crippen molar-refractivity contribution in [3.63, 3.8) is 0 Å². The molecule has 1 aromatic carbocycles. The van der Waals surface area contributed by atoms with Crippen LogP contribution in [0.5, 0.6) is 0 Å². The average molecular weight is 401 g/mol. The van der Waals surface area contributed by atoms with E-state index in [4.69, 9.17) is 0 Å². The van der Waals surface area contributed by atoms with Gasteiger partial charge in [-0.2, -0.15) is 0 Å². The van der Waals surface area contributed by atoms with E-state index in [0.717, 1.165) is 19.3 Å². The molecule has 0 aromatic heterocycles. The van der Waals surface area contributed by atoms with Crippen molar-refractivity contribution in [2.24, 2.45) is 0 Å². The van der Waals surface area contributed by atoms with Gasteiger partial charge in [0, 0.05) is 19.3 Å². The first-order valence-corrected chi connectivity index (χ1v) is 11.1. The second-order valence-corrected chi connectivity index (χ2v) is 9.67. The Morgan fingerprint density at radius 1 is 1.12 bits per heavy atom. The molecule has 2 fully saturated rings. The molecule has 7 heteroatoms. The number of amides is 1. The molecule has 1 atom stereocenters. The highest BCUT2D eigenvalue weighted by Gasteiger charge is 2.50. The van der Waals surface area contributed by atoms with Crippen LogP contribution in [0, 0.1) is 0 Å². The first-order chi connectivity index (χ1) is 11.9. The van der Waals surface area contributed by atoms with Gasteiger partial charge >= 0.3 is 0 Å². The molecule has 2 aliphatic heterocycles. The van der Waals surface area contributed by atoms with Crippen LogP contribution in [-0.2, 0) is 14.6 Å². The number of benzene rings is 1. The van der Waals surface area contributed by atoms with E-state index in [2.05, 4.69) is 29.6 Å².